The molecule has 54 valence electrons. The Hall–Kier alpha value is -0.770. The van der Waals surface area contributed by atoms with Crippen molar-refractivity contribution in [2.45, 2.75) is 4.90 Å². The fraction of sp³-hybridized carbons (Fsp3) is 0.167. The number of methoxy groups -OCH3 is 1. The Labute approximate surface area is 63.5 Å². The van der Waals surface area contributed by atoms with Gasteiger partial charge < -0.3 is 4.74 Å². The van der Waals surface area contributed by atoms with Crippen LogP contribution in [0.2, 0.25) is 0 Å². The first-order valence-corrected chi connectivity index (χ1v) is 3.07. The molecule has 2 nitrogen and oxygen atoms in total. The molecule has 10 heavy (non-hydrogen) atoms. The Balaban J connectivity index is 3.04. The van der Waals surface area contributed by atoms with E-state index in [-0.39, 0.29) is 10.8 Å². The van der Waals surface area contributed by atoms with Crippen molar-refractivity contribution in [1.29, 1.82) is 0 Å². The second-order valence-corrected chi connectivity index (χ2v) is 2.16. The number of ether oxygens (including phenoxy) is 1. The summed E-state index contributed by atoms with van der Waals surface area (Å²) in [7, 11) is 1.43. The van der Waals surface area contributed by atoms with Gasteiger partial charge >= 0.3 is 0 Å². The summed E-state index contributed by atoms with van der Waals surface area (Å²) in [4.78, 5) is 3.94. The maximum Gasteiger partial charge on any atom is 0.215 e. The smallest absolute Gasteiger partial charge is 0.215 e. The lowest BCUT2D eigenvalue weighted by atomic mass is 10.4. The molecule has 0 aromatic carbocycles. The van der Waals surface area contributed by atoms with Crippen LogP contribution in [0.25, 0.3) is 0 Å². The molecular formula is C6H6FNOS. The Morgan fingerprint density at radius 1 is 1.70 bits per heavy atom. The molecule has 0 unspecified atom stereocenters. The zero-order valence-electron chi connectivity index (χ0n) is 5.34. The molecule has 0 atom stereocenters. The fourth-order valence-electron chi connectivity index (χ4n) is 0.518. The van der Waals surface area contributed by atoms with Crippen molar-refractivity contribution < 1.29 is 9.13 Å². The average Bonchev–Trinajstić information content (AvgIpc) is 1.95. The summed E-state index contributed by atoms with van der Waals surface area (Å²) in [6, 6.07) is 1.18. The van der Waals surface area contributed by atoms with Gasteiger partial charge in [0, 0.05) is 12.3 Å². The van der Waals surface area contributed by atoms with Crippen molar-refractivity contribution in [3.63, 3.8) is 0 Å². The maximum absolute atomic E-state index is 12.6. The molecular weight excluding hydrogens is 153 g/mol. The predicted molar refractivity (Wildman–Crippen MR) is 38.0 cm³/mol. The van der Waals surface area contributed by atoms with Gasteiger partial charge in [-0.3, -0.25) is 0 Å². The first-order chi connectivity index (χ1) is 4.74. The predicted octanol–water partition coefficient (Wildman–Crippen LogP) is 1.52. The van der Waals surface area contributed by atoms with E-state index in [2.05, 4.69) is 22.3 Å². The average molecular weight is 159 g/mol. The highest BCUT2D eigenvalue weighted by Crippen LogP contribution is 2.14. The number of thiol groups is 1. The van der Waals surface area contributed by atoms with Crippen LogP contribution < -0.4 is 4.74 Å². The van der Waals surface area contributed by atoms with Crippen molar-refractivity contribution in [1.82, 2.24) is 4.98 Å². The highest BCUT2D eigenvalue weighted by molar-refractivity contribution is 7.80. The van der Waals surface area contributed by atoms with Gasteiger partial charge in [0.1, 0.15) is 5.82 Å². The van der Waals surface area contributed by atoms with Gasteiger partial charge in [0.15, 0.2) is 0 Å². The number of rotatable bonds is 1. The number of aromatic nitrogens is 1. The monoisotopic (exact) mass is 159 g/mol. The quantitative estimate of drug-likeness (QED) is 0.627. The topological polar surface area (TPSA) is 22.1 Å². The molecule has 4 heteroatoms. The van der Waals surface area contributed by atoms with E-state index in [9.17, 15) is 4.39 Å². The van der Waals surface area contributed by atoms with Gasteiger partial charge in [0.2, 0.25) is 5.88 Å². The zero-order chi connectivity index (χ0) is 7.56. The number of nitrogens with zero attached hydrogens (tertiary/aromatic N) is 1. The van der Waals surface area contributed by atoms with Gasteiger partial charge in [-0.25, -0.2) is 9.37 Å². The number of hydrogen-bond acceptors (Lipinski definition) is 3. The van der Waals surface area contributed by atoms with Crippen molar-refractivity contribution in [2.75, 3.05) is 7.11 Å². The third kappa shape index (κ3) is 1.39. The third-order valence-corrected chi connectivity index (χ3v) is 1.35. The van der Waals surface area contributed by atoms with E-state index in [0.29, 0.717) is 0 Å². The van der Waals surface area contributed by atoms with E-state index in [0.717, 1.165) is 0 Å². The minimum atomic E-state index is -0.421. The molecule has 0 aliphatic heterocycles. The van der Waals surface area contributed by atoms with Crippen LogP contribution in [0.3, 0.4) is 0 Å². The van der Waals surface area contributed by atoms with Gasteiger partial charge in [-0.15, -0.1) is 12.6 Å². The minimum absolute atomic E-state index is 0.223. The first kappa shape index (κ1) is 7.34. The summed E-state index contributed by atoms with van der Waals surface area (Å²) >= 11 is 3.79. The summed E-state index contributed by atoms with van der Waals surface area (Å²) < 4.78 is 17.2. The van der Waals surface area contributed by atoms with Crippen molar-refractivity contribution >= 4 is 12.6 Å². The number of hydrogen-bond donors (Lipinski definition) is 1. The van der Waals surface area contributed by atoms with E-state index in [4.69, 9.17) is 0 Å². The molecule has 1 aromatic heterocycles. The van der Waals surface area contributed by atoms with E-state index < -0.39 is 5.82 Å². The summed E-state index contributed by atoms with van der Waals surface area (Å²) in [5.41, 5.74) is 0. The lowest BCUT2D eigenvalue weighted by Gasteiger charge is -1.97. The van der Waals surface area contributed by atoms with Crippen LogP contribution in [-0.4, -0.2) is 12.1 Å². The highest BCUT2D eigenvalue weighted by Gasteiger charge is 1.99. The van der Waals surface area contributed by atoms with E-state index >= 15 is 0 Å². The molecule has 0 saturated carbocycles. The number of halogens is 1. The molecule has 0 radical (unpaired) electrons. The van der Waals surface area contributed by atoms with Crippen LogP contribution >= 0.6 is 12.6 Å². The molecule has 0 bridgehead atoms. The van der Waals surface area contributed by atoms with Crippen LogP contribution in [0.15, 0.2) is 17.2 Å². The van der Waals surface area contributed by atoms with Gasteiger partial charge in [-0.1, -0.05) is 0 Å². The molecule has 0 spiro atoms. The lowest BCUT2D eigenvalue weighted by molar-refractivity contribution is 0.392. The van der Waals surface area contributed by atoms with Crippen molar-refractivity contribution in [3.8, 4) is 5.88 Å². The van der Waals surface area contributed by atoms with Gasteiger partial charge in [-0.2, -0.15) is 0 Å². The van der Waals surface area contributed by atoms with Crippen LogP contribution in [0.5, 0.6) is 5.88 Å². The summed E-state index contributed by atoms with van der Waals surface area (Å²) in [5, 5.41) is 0. The zero-order valence-corrected chi connectivity index (χ0v) is 6.23. The van der Waals surface area contributed by atoms with Gasteiger partial charge in [0.05, 0.1) is 12.0 Å². The van der Waals surface area contributed by atoms with Crippen LogP contribution in [0.1, 0.15) is 0 Å². The molecule has 1 rings (SSSR count). The van der Waals surface area contributed by atoms with E-state index in [1.807, 2.05) is 0 Å². The maximum atomic E-state index is 12.6. The Kier molecular flexibility index (Phi) is 2.11. The normalized spacial score (nSPS) is 9.50. The third-order valence-electron chi connectivity index (χ3n) is 1.02. The molecule has 0 saturated heterocycles. The van der Waals surface area contributed by atoms with Gasteiger partial charge in [0.25, 0.3) is 0 Å². The Morgan fingerprint density at radius 2 is 2.40 bits per heavy atom. The summed E-state index contributed by atoms with van der Waals surface area (Å²) in [5.74, 6) is -0.162. The molecule has 1 heterocycles. The first-order valence-electron chi connectivity index (χ1n) is 2.62. The Morgan fingerprint density at radius 3 is 2.90 bits per heavy atom. The minimum Gasteiger partial charge on any atom is -0.481 e. The lowest BCUT2D eigenvalue weighted by Crippen LogP contribution is -1.88. The van der Waals surface area contributed by atoms with Crippen molar-refractivity contribution in [2.24, 2.45) is 0 Å². The Bertz CT molecular complexity index is 241. The fourth-order valence-corrected chi connectivity index (χ4v) is 0.640. The molecule has 0 amide bonds. The molecule has 0 aliphatic carbocycles. The van der Waals surface area contributed by atoms with Crippen LogP contribution in [0.4, 0.5) is 4.39 Å². The van der Waals surface area contributed by atoms with Crippen LogP contribution in [-0.2, 0) is 0 Å². The number of pyridine rings is 1. The van der Waals surface area contributed by atoms with E-state index in [1.54, 1.807) is 0 Å². The highest BCUT2D eigenvalue weighted by atomic mass is 32.1. The summed E-state index contributed by atoms with van der Waals surface area (Å²) in [6.07, 6.45) is 1.30. The SMILES string of the molecule is COc1cc(F)c(S)cn1. The largest absolute Gasteiger partial charge is 0.481 e. The van der Waals surface area contributed by atoms with Crippen molar-refractivity contribution in [3.05, 3.63) is 18.1 Å². The second kappa shape index (κ2) is 2.88. The second-order valence-electron chi connectivity index (χ2n) is 1.68. The molecule has 0 aliphatic rings. The van der Waals surface area contributed by atoms with Crippen LogP contribution in [0, 0.1) is 5.82 Å². The van der Waals surface area contributed by atoms with E-state index in [1.165, 1.54) is 19.4 Å². The molecule has 0 fully saturated rings. The summed E-state index contributed by atoms with van der Waals surface area (Å²) in [6.45, 7) is 0. The van der Waals surface area contributed by atoms with Gasteiger partial charge in [-0.05, 0) is 0 Å². The standard InChI is InChI=1S/C6H6FNOS/c1-9-6-2-4(7)5(10)3-8-6/h2-3,10H,1H3. The molecule has 1 aromatic rings. The molecule has 0 N–H and O–H groups in total.